The smallest absolute Gasteiger partial charge is 0.297 e. The average molecular weight is 543 g/mol. The van der Waals surface area contributed by atoms with Gasteiger partial charge in [-0.3, -0.25) is 19.6 Å². The number of rotatable bonds is 4. The van der Waals surface area contributed by atoms with Gasteiger partial charge in [0.2, 0.25) is 5.82 Å². The molecule has 0 N–H and O–H groups in total. The topological polar surface area (TPSA) is 47.1 Å². The summed E-state index contributed by atoms with van der Waals surface area (Å²) in [5.74, 6) is -10.9. The number of urea groups is 2. The highest BCUT2D eigenvalue weighted by molar-refractivity contribution is 6.08. The molecular weight excluding hydrogens is 519 g/mol. The minimum atomic E-state index is -2.32. The minimum absolute atomic E-state index is 0.239. The number of benzene rings is 4. The van der Waals surface area contributed by atoms with Crippen molar-refractivity contribution >= 4 is 45.6 Å². The highest BCUT2D eigenvalue weighted by Crippen LogP contribution is 2.31. The van der Waals surface area contributed by atoms with Gasteiger partial charge in [0, 0.05) is 45.0 Å². The number of nitrogens with zero attached hydrogens (tertiary/aromatic N) is 4. The van der Waals surface area contributed by atoms with Crippen LogP contribution in [0, 0.1) is 29.1 Å². The monoisotopic (exact) mass is 542 g/mol. The van der Waals surface area contributed by atoms with Crippen molar-refractivity contribution in [1.82, 2.24) is 0 Å². The van der Waals surface area contributed by atoms with E-state index in [1.165, 1.54) is 29.0 Å². The molecule has 0 atom stereocenters. The molecule has 11 heteroatoms. The molecule has 0 unspecified atom stereocenters. The first kappa shape index (κ1) is 27.4. The van der Waals surface area contributed by atoms with Crippen LogP contribution in [0.2, 0.25) is 0 Å². The number of amides is 4. The van der Waals surface area contributed by atoms with E-state index in [1.54, 1.807) is 26.2 Å². The summed E-state index contributed by atoms with van der Waals surface area (Å²) in [5, 5.41) is 1.88. The number of carbonyl (C=O) groups is 2. The lowest BCUT2D eigenvalue weighted by molar-refractivity contribution is 0.252. The summed E-state index contributed by atoms with van der Waals surface area (Å²) in [7, 11) is 5.38. The Morgan fingerprint density at radius 2 is 0.949 bits per heavy atom. The molecular formula is C28H23F5N4O2. The molecule has 39 heavy (non-hydrogen) atoms. The molecule has 0 aliphatic heterocycles. The third kappa shape index (κ3) is 4.83. The van der Waals surface area contributed by atoms with E-state index in [0.29, 0.717) is 16.3 Å². The van der Waals surface area contributed by atoms with Gasteiger partial charge in [0.25, 0.3) is 0 Å². The highest BCUT2D eigenvalue weighted by Gasteiger charge is 2.31. The molecule has 0 radical (unpaired) electrons. The van der Waals surface area contributed by atoms with Crippen LogP contribution in [0.1, 0.15) is 0 Å². The second-order valence-electron chi connectivity index (χ2n) is 8.73. The molecule has 0 fully saturated rings. The van der Waals surface area contributed by atoms with Gasteiger partial charge in [0.1, 0.15) is 5.69 Å². The van der Waals surface area contributed by atoms with Crippen molar-refractivity contribution in [2.75, 3.05) is 47.8 Å². The Labute approximate surface area is 221 Å². The van der Waals surface area contributed by atoms with Crippen molar-refractivity contribution in [2.45, 2.75) is 0 Å². The molecule has 0 aromatic heterocycles. The number of fused-ring (bicyclic) bond motifs is 1. The first-order valence-electron chi connectivity index (χ1n) is 11.6. The van der Waals surface area contributed by atoms with E-state index in [4.69, 9.17) is 0 Å². The fourth-order valence-corrected chi connectivity index (χ4v) is 4.16. The highest BCUT2D eigenvalue weighted by atomic mass is 19.2. The van der Waals surface area contributed by atoms with Crippen LogP contribution in [0.3, 0.4) is 0 Å². The molecule has 202 valence electrons. The molecule has 0 bridgehead atoms. The lowest BCUT2D eigenvalue weighted by Crippen LogP contribution is -2.40. The van der Waals surface area contributed by atoms with Crippen molar-refractivity contribution < 1.29 is 31.5 Å². The van der Waals surface area contributed by atoms with Gasteiger partial charge in [0.05, 0.1) is 5.69 Å². The van der Waals surface area contributed by atoms with E-state index in [0.717, 1.165) is 22.7 Å². The first-order chi connectivity index (χ1) is 18.5. The van der Waals surface area contributed by atoms with Crippen LogP contribution in [0.4, 0.5) is 54.3 Å². The molecule has 0 saturated carbocycles. The summed E-state index contributed by atoms with van der Waals surface area (Å²) in [6.45, 7) is 0. The molecule has 4 aromatic carbocycles. The van der Waals surface area contributed by atoms with E-state index in [9.17, 15) is 31.5 Å². The number of hydrogen-bond acceptors (Lipinski definition) is 2. The Kier molecular flexibility index (Phi) is 7.44. The van der Waals surface area contributed by atoms with Gasteiger partial charge in [0.15, 0.2) is 23.3 Å². The van der Waals surface area contributed by atoms with Crippen molar-refractivity contribution in [3.05, 3.63) is 95.8 Å². The molecule has 0 saturated heterocycles. The summed E-state index contributed by atoms with van der Waals surface area (Å²) in [6.07, 6.45) is 0. The van der Waals surface area contributed by atoms with E-state index < -0.39 is 40.8 Å². The normalized spacial score (nSPS) is 10.9. The fraction of sp³-hybridized carbons (Fsp3) is 0.143. The number of anilines is 4. The van der Waals surface area contributed by atoms with Gasteiger partial charge in [-0.2, -0.15) is 0 Å². The van der Waals surface area contributed by atoms with Crippen LogP contribution >= 0.6 is 0 Å². The summed E-state index contributed by atoms with van der Waals surface area (Å²) in [4.78, 5) is 30.3. The van der Waals surface area contributed by atoms with Crippen molar-refractivity contribution in [1.29, 1.82) is 0 Å². The minimum Gasteiger partial charge on any atom is -0.297 e. The molecule has 0 aliphatic carbocycles. The lowest BCUT2D eigenvalue weighted by atomic mass is 10.1. The maximum Gasteiger partial charge on any atom is 0.328 e. The first-order valence-corrected chi connectivity index (χ1v) is 11.6. The lowest BCUT2D eigenvalue weighted by Gasteiger charge is -2.28. The Bertz CT molecular complexity index is 1540. The summed E-state index contributed by atoms with van der Waals surface area (Å²) >= 11 is 0. The summed E-state index contributed by atoms with van der Waals surface area (Å²) in [5.41, 5.74) is 0.0530. The quantitative estimate of drug-likeness (QED) is 0.160. The second-order valence-corrected chi connectivity index (χ2v) is 8.73. The van der Waals surface area contributed by atoms with Crippen molar-refractivity contribution in [2.24, 2.45) is 0 Å². The van der Waals surface area contributed by atoms with Crippen LogP contribution in [-0.4, -0.2) is 40.3 Å². The fourth-order valence-electron chi connectivity index (χ4n) is 4.16. The molecule has 0 aliphatic rings. The zero-order chi connectivity index (χ0) is 28.6. The maximum atomic E-state index is 14.2. The molecule has 0 spiro atoms. The van der Waals surface area contributed by atoms with Gasteiger partial charge < -0.3 is 0 Å². The number of hydrogen-bond donors (Lipinski definition) is 0. The van der Waals surface area contributed by atoms with E-state index in [1.807, 2.05) is 42.5 Å². The summed E-state index contributed by atoms with van der Waals surface area (Å²) < 4.78 is 69.0. The van der Waals surface area contributed by atoms with Crippen LogP contribution in [0.25, 0.3) is 10.8 Å². The van der Waals surface area contributed by atoms with Gasteiger partial charge in [-0.15, -0.1) is 0 Å². The number of halogens is 5. The van der Waals surface area contributed by atoms with Gasteiger partial charge in [-0.1, -0.05) is 36.4 Å². The van der Waals surface area contributed by atoms with Crippen LogP contribution in [-0.2, 0) is 0 Å². The zero-order valence-electron chi connectivity index (χ0n) is 21.3. The largest absolute Gasteiger partial charge is 0.328 e. The predicted molar refractivity (Wildman–Crippen MR) is 141 cm³/mol. The Morgan fingerprint density at radius 3 is 1.49 bits per heavy atom. The summed E-state index contributed by atoms with van der Waals surface area (Å²) in [6, 6.07) is 17.9. The van der Waals surface area contributed by atoms with Gasteiger partial charge in [-0.25, -0.2) is 31.5 Å². The van der Waals surface area contributed by atoms with Crippen LogP contribution in [0.15, 0.2) is 66.7 Å². The molecule has 6 nitrogen and oxygen atoms in total. The Hall–Kier alpha value is -4.67. The number of carbonyl (C=O) groups excluding carboxylic acids is 2. The third-order valence-electron chi connectivity index (χ3n) is 6.42. The molecule has 4 aromatic rings. The third-order valence-corrected chi connectivity index (χ3v) is 6.42. The van der Waals surface area contributed by atoms with E-state index in [-0.39, 0.29) is 11.7 Å². The van der Waals surface area contributed by atoms with Crippen LogP contribution < -0.4 is 19.6 Å². The zero-order valence-corrected chi connectivity index (χ0v) is 21.3. The second kappa shape index (κ2) is 10.6. The molecule has 0 heterocycles. The van der Waals surface area contributed by atoms with Crippen LogP contribution in [0.5, 0.6) is 0 Å². The molecule has 4 rings (SSSR count). The van der Waals surface area contributed by atoms with E-state index in [2.05, 4.69) is 0 Å². The van der Waals surface area contributed by atoms with Crippen molar-refractivity contribution in [3.8, 4) is 0 Å². The van der Waals surface area contributed by atoms with E-state index >= 15 is 0 Å². The maximum absolute atomic E-state index is 14.2. The van der Waals surface area contributed by atoms with Gasteiger partial charge in [-0.05, 0) is 35.7 Å². The average Bonchev–Trinajstić information content (AvgIpc) is 2.96. The standard InChI is InChI=1S/C28H23F5N4O2/c1-34(27(38)36(3)20-11-7-9-16-8-5-6-10-19(16)20)17-12-14-18(15-13-17)35(2)28(39)37(4)26-24(32)22(30)21(29)23(31)25(26)33/h5-15H,1-4H3. The Balaban J connectivity index is 1.53. The predicted octanol–water partition coefficient (Wildman–Crippen LogP) is 6.92. The Morgan fingerprint density at radius 1 is 0.513 bits per heavy atom. The van der Waals surface area contributed by atoms with Gasteiger partial charge >= 0.3 is 12.1 Å². The molecule has 4 amide bonds. The SMILES string of the molecule is CN(C(=O)N(C)c1c(F)c(F)c(F)c(F)c1F)c1ccc(N(C)C(=O)N(C)c2cccc3ccccc23)cc1. The van der Waals surface area contributed by atoms with Crippen molar-refractivity contribution in [3.63, 3.8) is 0 Å².